The summed E-state index contributed by atoms with van der Waals surface area (Å²) in [6.07, 6.45) is 5.11. The van der Waals surface area contributed by atoms with E-state index in [0.717, 1.165) is 0 Å². The van der Waals surface area contributed by atoms with Gasteiger partial charge in [-0.05, 0) is 12.5 Å². The van der Waals surface area contributed by atoms with Crippen LogP contribution in [0.3, 0.4) is 0 Å². The number of nitrogens with zero attached hydrogens (tertiary/aromatic N) is 1. The van der Waals surface area contributed by atoms with Gasteiger partial charge in [0.05, 0.1) is 0 Å². The molecule has 1 aromatic rings. The molecule has 0 radical (unpaired) electrons. The molecule has 0 aliphatic heterocycles. The van der Waals surface area contributed by atoms with E-state index in [0.29, 0.717) is 31.2 Å². The van der Waals surface area contributed by atoms with Crippen LogP contribution in [-0.4, -0.2) is 18.2 Å². The van der Waals surface area contributed by atoms with Crippen LogP contribution in [0.2, 0.25) is 0 Å². The summed E-state index contributed by atoms with van der Waals surface area (Å²) in [6, 6.07) is 3.62. The summed E-state index contributed by atoms with van der Waals surface area (Å²) in [5.74, 6) is 1.26. The molecule has 18 heavy (non-hydrogen) atoms. The van der Waals surface area contributed by atoms with E-state index in [4.69, 9.17) is 4.42 Å². The van der Waals surface area contributed by atoms with Crippen LogP contribution in [0, 0.1) is 0 Å². The molecule has 100 valence electrons. The fourth-order valence-electron chi connectivity index (χ4n) is 1.53. The van der Waals surface area contributed by atoms with Crippen molar-refractivity contribution in [1.29, 1.82) is 0 Å². The molecule has 3 nitrogen and oxygen atoms in total. The van der Waals surface area contributed by atoms with E-state index in [1.165, 1.54) is 0 Å². The topological polar surface area (TPSA) is 36.6 Å². The van der Waals surface area contributed by atoms with Gasteiger partial charge in [-0.15, -0.1) is 32.1 Å². The molecule has 1 N–H and O–H groups in total. The number of anilines is 1. The molecule has 0 saturated heterocycles. The number of rotatable bonds is 8. The Morgan fingerprint density at radius 3 is 2.28 bits per heavy atom. The Morgan fingerprint density at radius 1 is 1.17 bits per heavy atom. The molecule has 4 heteroatoms. The average molecular weight is 270 g/mol. The lowest BCUT2D eigenvalue weighted by molar-refractivity contribution is 0.154. The van der Waals surface area contributed by atoms with Crippen molar-refractivity contribution in [3.8, 4) is 0 Å². The van der Waals surface area contributed by atoms with Gasteiger partial charge in [0.15, 0.2) is 5.88 Å². The Balaban J connectivity index is 0.00000289. The maximum Gasteiger partial charge on any atom is 0.196 e. The number of furan rings is 1. The summed E-state index contributed by atoms with van der Waals surface area (Å²) in [5, 5.41) is 9.75. The molecule has 0 fully saturated rings. The highest BCUT2D eigenvalue weighted by molar-refractivity contribution is 5.85. The van der Waals surface area contributed by atoms with Gasteiger partial charge in [-0.3, -0.25) is 0 Å². The average Bonchev–Trinajstić information content (AvgIpc) is 2.78. The molecular weight excluding hydrogens is 250 g/mol. The predicted molar refractivity (Wildman–Crippen MR) is 78.3 cm³/mol. The Labute approximate surface area is 115 Å². The molecule has 0 bridgehead atoms. The van der Waals surface area contributed by atoms with E-state index < -0.39 is 6.10 Å². The van der Waals surface area contributed by atoms with Gasteiger partial charge in [-0.2, -0.15) is 0 Å². The Kier molecular flexibility index (Phi) is 7.92. The van der Waals surface area contributed by atoms with E-state index in [2.05, 4.69) is 19.7 Å². The minimum atomic E-state index is -0.629. The maximum absolute atomic E-state index is 9.75. The normalized spacial score (nSPS) is 11.2. The number of aliphatic hydroxyl groups is 1. The first-order valence-corrected chi connectivity index (χ1v) is 5.58. The van der Waals surface area contributed by atoms with Crippen molar-refractivity contribution in [3.63, 3.8) is 0 Å². The fourth-order valence-corrected chi connectivity index (χ4v) is 1.53. The van der Waals surface area contributed by atoms with Crippen molar-refractivity contribution in [2.24, 2.45) is 0 Å². The molecular formula is C14H20ClNO2. The van der Waals surface area contributed by atoms with Crippen LogP contribution in [0.1, 0.15) is 18.3 Å². The predicted octanol–water partition coefficient (Wildman–Crippen LogP) is 3.49. The van der Waals surface area contributed by atoms with Crippen LogP contribution in [0.25, 0.3) is 0 Å². The number of aliphatic hydroxyl groups excluding tert-OH is 1. The molecule has 1 atom stereocenters. The van der Waals surface area contributed by atoms with Crippen LogP contribution >= 0.6 is 12.4 Å². The van der Waals surface area contributed by atoms with Gasteiger partial charge in [-0.1, -0.05) is 18.2 Å². The first kappa shape index (κ1) is 16.6. The highest BCUT2D eigenvalue weighted by Gasteiger charge is 2.13. The third-order valence-electron chi connectivity index (χ3n) is 2.34. The van der Waals surface area contributed by atoms with Crippen LogP contribution in [-0.2, 0) is 0 Å². The van der Waals surface area contributed by atoms with Gasteiger partial charge in [0, 0.05) is 19.2 Å². The molecule has 1 heterocycles. The van der Waals surface area contributed by atoms with Crippen molar-refractivity contribution in [1.82, 2.24) is 0 Å². The van der Waals surface area contributed by atoms with E-state index >= 15 is 0 Å². The van der Waals surface area contributed by atoms with Crippen LogP contribution in [0.15, 0.2) is 54.5 Å². The zero-order valence-electron chi connectivity index (χ0n) is 10.4. The number of hydrogen-bond acceptors (Lipinski definition) is 3. The zero-order valence-corrected chi connectivity index (χ0v) is 11.2. The van der Waals surface area contributed by atoms with Crippen molar-refractivity contribution in [2.75, 3.05) is 18.0 Å². The standard InChI is InChI=1S/C14H19NO2.ClH/c1-4-7-12(16)13-8-9-14(17-13)15(10-5-2)11-6-3;/h4-6,8-9,12,16H,1-3,7,10-11H2;1H. The lowest BCUT2D eigenvalue weighted by Crippen LogP contribution is -2.22. The molecule has 0 amide bonds. The van der Waals surface area contributed by atoms with Crippen LogP contribution < -0.4 is 4.90 Å². The Bertz CT molecular complexity index is 377. The molecule has 0 aliphatic rings. The van der Waals surface area contributed by atoms with Gasteiger partial charge in [0.2, 0.25) is 0 Å². The van der Waals surface area contributed by atoms with E-state index in [1.54, 1.807) is 24.3 Å². The zero-order chi connectivity index (χ0) is 12.7. The third-order valence-corrected chi connectivity index (χ3v) is 2.34. The minimum absolute atomic E-state index is 0. The van der Waals surface area contributed by atoms with Crippen molar-refractivity contribution in [2.45, 2.75) is 12.5 Å². The van der Waals surface area contributed by atoms with Gasteiger partial charge < -0.3 is 14.4 Å². The number of hydrogen-bond donors (Lipinski definition) is 1. The first-order valence-electron chi connectivity index (χ1n) is 5.58. The van der Waals surface area contributed by atoms with Gasteiger partial charge in [-0.25, -0.2) is 0 Å². The van der Waals surface area contributed by atoms with Crippen molar-refractivity contribution in [3.05, 3.63) is 55.9 Å². The minimum Gasteiger partial charge on any atom is -0.443 e. The quantitative estimate of drug-likeness (QED) is 0.734. The molecule has 0 aromatic carbocycles. The lowest BCUT2D eigenvalue weighted by Gasteiger charge is -2.18. The highest BCUT2D eigenvalue weighted by atomic mass is 35.5. The SMILES string of the molecule is C=CCC(O)c1ccc(N(CC=C)CC=C)o1.Cl. The molecule has 1 aromatic heterocycles. The van der Waals surface area contributed by atoms with Crippen LogP contribution in [0.5, 0.6) is 0 Å². The Hall–Kier alpha value is -1.45. The second-order valence-corrected chi connectivity index (χ2v) is 3.70. The van der Waals surface area contributed by atoms with Gasteiger partial charge in [0.25, 0.3) is 0 Å². The van der Waals surface area contributed by atoms with Gasteiger partial charge >= 0.3 is 0 Å². The second kappa shape index (κ2) is 8.61. The first-order chi connectivity index (χ1) is 8.22. The molecule has 0 aliphatic carbocycles. The third kappa shape index (κ3) is 4.43. The molecule has 1 rings (SSSR count). The van der Waals surface area contributed by atoms with E-state index in [-0.39, 0.29) is 12.4 Å². The van der Waals surface area contributed by atoms with Gasteiger partial charge in [0.1, 0.15) is 11.9 Å². The van der Waals surface area contributed by atoms with E-state index in [1.807, 2.05) is 11.0 Å². The summed E-state index contributed by atoms with van der Waals surface area (Å²) in [7, 11) is 0. The number of halogens is 1. The Morgan fingerprint density at radius 2 is 1.78 bits per heavy atom. The lowest BCUT2D eigenvalue weighted by atomic mass is 10.2. The summed E-state index contributed by atoms with van der Waals surface area (Å²) in [5.41, 5.74) is 0. The maximum atomic E-state index is 9.75. The summed E-state index contributed by atoms with van der Waals surface area (Å²) in [6.45, 7) is 12.3. The monoisotopic (exact) mass is 269 g/mol. The summed E-state index contributed by atoms with van der Waals surface area (Å²) in [4.78, 5) is 1.98. The summed E-state index contributed by atoms with van der Waals surface area (Å²) >= 11 is 0. The molecule has 0 saturated carbocycles. The largest absolute Gasteiger partial charge is 0.443 e. The van der Waals surface area contributed by atoms with Crippen molar-refractivity contribution < 1.29 is 9.52 Å². The highest BCUT2D eigenvalue weighted by Crippen LogP contribution is 2.25. The molecule has 0 spiro atoms. The summed E-state index contributed by atoms with van der Waals surface area (Å²) < 4.78 is 5.60. The van der Waals surface area contributed by atoms with Crippen molar-refractivity contribution >= 4 is 18.3 Å². The second-order valence-electron chi connectivity index (χ2n) is 3.70. The fraction of sp³-hybridized carbons (Fsp3) is 0.286. The van der Waals surface area contributed by atoms with Crippen LogP contribution in [0.4, 0.5) is 5.88 Å². The smallest absolute Gasteiger partial charge is 0.196 e. The van der Waals surface area contributed by atoms with E-state index in [9.17, 15) is 5.11 Å². The molecule has 1 unspecified atom stereocenters.